The third-order valence-electron chi connectivity index (χ3n) is 6.31. The van der Waals surface area contributed by atoms with Crippen molar-refractivity contribution < 1.29 is 23.1 Å². The molecule has 3 saturated heterocycles. The van der Waals surface area contributed by atoms with E-state index in [4.69, 9.17) is 4.74 Å². The van der Waals surface area contributed by atoms with E-state index < -0.39 is 16.1 Å². The summed E-state index contributed by atoms with van der Waals surface area (Å²) >= 11 is 0. The lowest BCUT2D eigenvalue weighted by molar-refractivity contribution is 0.0706. The molecule has 160 valence electrons. The Bertz CT molecular complexity index is 825. The molecule has 3 aliphatic heterocycles. The number of hydrogen-bond acceptors (Lipinski definition) is 6. The highest BCUT2D eigenvalue weighted by Gasteiger charge is 2.43. The van der Waals surface area contributed by atoms with Gasteiger partial charge in [-0.15, -0.1) is 0 Å². The maximum atomic E-state index is 11.6. The summed E-state index contributed by atoms with van der Waals surface area (Å²) in [5.74, 6) is 0.921. The van der Waals surface area contributed by atoms with E-state index in [1.165, 1.54) is 10.6 Å². The van der Waals surface area contributed by atoms with Gasteiger partial charge in [0.15, 0.2) is 0 Å². The van der Waals surface area contributed by atoms with E-state index in [0.717, 1.165) is 31.4 Å². The van der Waals surface area contributed by atoms with Crippen LogP contribution < -0.4 is 9.64 Å². The minimum atomic E-state index is -3.13. The Kier molecular flexibility index (Phi) is 5.56. The summed E-state index contributed by atoms with van der Waals surface area (Å²) in [7, 11) is -3.13. The van der Waals surface area contributed by atoms with Gasteiger partial charge < -0.3 is 19.6 Å². The van der Waals surface area contributed by atoms with Crippen molar-refractivity contribution >= 4 is 21.8 Å². The molecule has 3 aliphatic rings. The molecular weight excluding hydrogens is 396 g/mol. The van der Waals surface area contributed by atoms with Crippen molar-refractivity contribution in [2.24, 2.45) is 5.92 Å². The number of ether oxygens (including phenoxy) is 1. The summed E-state index contributed by atoms with van der Waals surface area (Å²) in [6.07, 6.45) is 5.82. The minimum Gasteiger partial charge on any atom is -0.477 e. The monoisotopic (exact) mass is 424 g/mol. The van der Waals surface area contributed by atoms with E-state index in [1.54, 1.807) is 11.1 Å². The number of nitrogens with zero attached hydrogens (tertiary/aromatic N) is 4. The first-order valence-electron chi connectivity index (χ1n) is 10.1. The van der Waals surface area contributed by atoms with Gasteiger partial charge in [-0.25, -0.2) is 18.2 Å². The van der Waals surface area contributed by atoms with Gasteiger partial charge in [0, 0.05) is 44.3 Å². The van der Waals surface area contributed by atoms with E-state index >= 15 is 0 Å². The lowest BCUT2D eigenvalue weighted by atomic mass is 9.92. The summed E-state index contributed by atoms with van der Waals surface area (Å²) in [4.78, 5) is 19.5. The predicted molar refractivity (Wildman–Crippen MR) is 108 cm³/mol. The quantitative estimate of drug-likeness (QED) is 0.763. The second-order valence-electron chi connectivity index (χ2n) is 8.23. The number of pyridine rings is 1. The van der Waals surface area contributed by atoms with Crippen LogP contribution in [0.15, 0.2) is 18.3 Å². The van der Waals surface area contributed by atoms with E-state index in [-0.39, 0.29) is 12.1 Å². The van der Waals surface area contributed by atoms with Gasteiger partial charge in [0.05, 0.1) is 24.7 Å². The maximum Gasteiger partial charge on any atom is 0.407 e. The molecule has 10 heteroatoms. The Labute approximate surface area is 171 Å². The van der Waals surface area contributed by atoms with Gasteiger partial charge >= 0.3 is 6.09 Å². The Balaban J connectivity index is 1.27. The van der Waals surface area contributed by atoms with Crippen molar-refractivity contribution in [3.63, 3.8) is 0 Å². The fraction of sp³-hybridized carbons (Fsp3) is 0.684. The molecule has 2 bridgehead atoms. The van der Waals surface area contributed by atoms with Crippen LogP contribution in [0.2, 0.25) is 0 Å². The van der Waals surface area contributed by atoms with E-state index in [9.17, 15) is 18.3 Å². The van der Waals surface area contributed by atoms with Crippen LogP contribution >= 0.6 is 0 Å². The number of hydrogen-bond donors (Lipinski definition) is 1. The van der Waals surface area contributed by atoms with Crippen molar-refractivity contribution in [1.29, 1.82) is 0 Å². The number of fused-ring (bicyclic) bond motifs is 2. The largest absolute Gasteiger partial charge is 0.477 e. The number of carbonyl (C=O) groups is 1. The first kappa shape index (κ1) is 20.2. The van der Waals surface area contributed by atoms with Gasteiger partial charge in [-0.05, 0) is 37.7 Å². The number of piperidine rings is 1. The first-order valence-corrected chi connectivity index (χ1v) is 12.0. The summed E-state index contributed by atoms with van der Waals surface area (Å²) in [5.41, 5.74) is 0.957. The standard InChI is InChI=1S/C19H28N4O5S/c1-29(26,27)22-8-6-21(7-9-22)17-4-5-18(20-12-17)28-13-14-10-15-2-3-16(11-14)23(15)19(24)25/h4-5,12,14-16H,2-3,6-11,13H2,1H3,(H,24,25)/t14?,15-,16+. The molecule has 29 heavy (non-hydrogen) atoms. The molecule has 4 heterocycles. The van der Waals surface area contributed by atoms with Crippen LogP contribution in [0.4, 0.5) is 10.5 Å². The van der Waals surface area contributed by atoms with Gasteiger partial charge in [0.1, 0.15) is 0 Å². The van der Waals surface area contributed by atoms with Crippen LogP contribution in [-0.2, 0) is 10.0 Å². The van der Waals surface area contributed by atoms with Gasteiger partial charge in [-0.2, -0.15) is 4.31 Å². The van der Waals surface area contributed by atoms with Gasteiger partial charge in [-0.1, -0.05) is 0 Å². The molecule has 1 amide bonds. The topological polar surface area (TPSA) is 103 Å². The second kappa shape index (κ2) is 7.98. The van der Waals surface area contributed by atoms with Crippen molar-refractivity contribution in [2.45, 2.75) is 37.8 Å². The van der Waals surface area contributed by atoms with E-state index in [1.807, 2.05) is 12.1 Å². The Morgan fingerprint density at radius 1 is 1.17 bits per heavy atom. The van der Waals surface area contributed by atoms with Crippen LogP contribution in [0.1, 0.15) is 25.7 Å². The number of rotatable bonds is 5. The molecule has 1 N–H and O–H groups in total. The van der Waals surface area contributed by atoms with Crippen LogP contribution in [0.25, 0.3) is 0 Å². The summed E-state index contributed by atoms with van der Waals surface area (Å²) in [6.45, 7) is 2.79. The van der Waals surface area contributed by atoms with E-state index in [2.05, 4.69) is 9.88 Å². The smallest absolute Gasteiger partial charge is 0.407 e. The molecule has 0 aromatic carbocycles. The molecule has 3 fully saturated rings. The SMILES string of the molecule is CS(=O)(=O)N1CCN(c2ccc(OCC3C[C@H]4CC[C@@H](C3)N4C(=O)O)nc2)CC1. The van der Waals surface area contributed by atoms with Gasteiger partial charge in [0.2, 0.25) is 15.9 Å². The lowest BCUT2D eigenvalue weighted by Gasteiger charge is -2.36. The molecule has 1 aromatic heterocycles. The molecular formula is C19H28N4O5S. The molecule has 0 aliphatic carbocycles. The molecule has 9 nitrogen and oxygen atoms in total. The van der Waals surface area contributed by atoms with Crippen LogP contribution in [0.3, 0.4) is 0 Å². The van der Waals surface area contributed by atoms with Gasteiger partial charge in [0.25, 0.3) is 0 Å². The highest BCUT2D eigenvalue weighted by molar-refractivity contribution is 7.88. The lowest BCUT2D eigenvalue weighted by Crippen LogP contribution is -2.48. The minimum absolute atomic E-state index is 0.126. The van der Waals surface area contributed by atoms with Crippen molar-refractivity contribution in [3.05, 3.63) is 18.3 Å². The summed E-state index contributed by atoms with van der Waals surface area (Å²) in [6, 6.07) is 4.05. The fourth-order valence-corrected chi connectivity index (χ4v) is 5.69. The highest BCUT2D eigenvalue weighted by Crippen LogP contribution is 2.38. The summed E-state index contributed by atoms with van der Waals surface area (Å²) in [5, 5.41) is 9.35. The Morgan fingerprint density at radius 2 is 1.83 bits per heavy atom. The number of piperazine rings is 1. The number of anilines is 1. The van der Waals surface area contributed by atoms with Gasteiger partial charge in [-0.3, -0.25) is 0 Å². The highest BCUT2D eigenvalue weighted by atomic mass is 32.2. The summed E-state index contributed by atoms with van der Waals surface area (Å²) < 4.78 is 30.6. The average Bonchev–Trinajstić information content (AvgIpc) is 2.97. The molecule has 0 radical (unpaired) electrons. The Morgan fingerprint density at radius 3 is 2.34 bits per heavy atom. The number of carboxylic acid groups (broad SMARTS) is 1. The zero-order chi connectivity index (χ0) is 20.6. The van der Waals surface area contributed by atoms with Crippen molar-refractivity contribution in [3.8, 4) is 5.88 Å². The Hall–Kier alpha value is -2.07. The zero-order valence-electron chi connectivity index (χ0n) is 16.6. The second-order valence-corrected chi connectivity index (χ2v) is 10.2. The fourth-order valence-electron chi connectivity index (χ4n) is 4.86. The predicted octanol–water partition coefficient (Wildman–Crippen LogP) is 1.46. The van der Waals surface area contributed by atoms with Crippen LogP contribution in [-0.4, -0.2) is 84.9 Å². The zero-order valence-corrected chi connectivity index (χ0v) is 17.4. The first-order chi connectivity index (χ1) is 13.8. The van der Waals surface area contributed by atoms with Crippen LogP contribution in [0, 0.1) is 5.92 Å². The molecule has 1 unspecified atom stereocenters. The van der Waals surface area contributed by atoms with Crippen molar-refractivity contribution in [2.75, 3.05) is 43.9 Å². The average molecular weight is 425 g/mol. The third-order valence-corrected chi connectivity index (χ3v) is 7.62. The number of sulfonamides is 1. The van der Waals surface area contributed by atoms with E-state index in [0.29, 0.717) is 44.6 Å². The molecule has 1 aromatic rings. The number of aromatic nitrogens is 1. The van der Waals surface area contributed by atoms with Crippen LogP contribution in [0.5, 0.6) is 5.88 Å². The molecule has 4 rings (SSSR count). The molecule has 3 atom stereocenters. The third kappa shape index (κ3) is 4.42. The maximum absolute atomic E-state index is 11.6. The molecule has 0 spiro atoms. The van der Waals surface area contributed by atoms with Crippen molar-refractivity contribution in [1.82, 2.24) is 14.2 Å². The normalized spacial score (nSPS) is 27.8. The molecule has 0 saturated carbocycles. The number of amides is 1.